The number of epoxide rings is 1. The Morgan fingerprint density at radius 3 is 2.67 bits per heavy atom. The highest BCUT2D eigenvalue weighted by molar-refractivity contribution is 6.32. The average molecular weight is 181 g/mol. The lowest BCUT2D eigenvalue weighted by molar-refractivity contribution is 0.510. The van der Waals surface area contributed by atoms with E-state index in [1.807, 2.05) is 31.2 Å². The predicted octanol–water partition coefficient (Wildman–Crippen LogP) is 3.10. The molecule has 1 heterocycles. The summed E-state index contributed by atoms with van der Waals surface area (Å²) in [5.41, 5.74) is 2.23. The van der Waals surface area contributed by atoms with Gasteiger partial charge in [0, 0.05) is 5.02 Å². The largest absolute Gasteiger partial charge is 0.486 e. The van der Waals surface area contributed by atoms with Gasteiger partial charge in [0.15, 0.2) is 0 Å². The maximum atomic E-state index is 6.00. The molecule has 0 radical (unpaired) electrons. The number of halogens is 1. The van der Waals surface area contributed by atoms with Crippen molar-refractivity contribution in [3.8, 4) is 0 Å². The summed E-state index contributed by atoms with van der Waals surface area (Å²) in [6.45, 7) is 2.79. The number of allylic oxidation sites excluding steroid dienone is 1. The van der Waals surface area contributed by atoms with Gasteiger partial charge in [-0.2, -0.15) is 0 Å². The second-order valence-corrected chi connectivity index (χ2v) is 3.22. The van der Waals surface area contributed by atoms with Gasteiger partial charge < -0.3 is 4.74 Å². The molecule has 0 spiro atoms. The van der Waals surface area contributed by atoms with E-state index < -0.39 is 0 Å². The Kier molecular flexibility index (Phi) is 1.81. The van der Waals surface area contributed by atoms with E-state index in [9.17, 15) is 0 Å². The number of hydrogen-bond donors (Lipinski definition) is 0. The molecule has 2 heteroatoms. The standard InChI is InChI=1S/C10H9ClO/c1-7(10-6-12-10)8-4-2-3-5-9(8)11/h2-5H,6H2,1H3. The summed E-state index contributed by atoms with van der Waals surface area (Å²) in [5.74, 6) is 1.06. The van der Waals surface area contributed by atoms with Crippen molar-refractivity contribution in [1.82, 2.24) is 0 Å². The molecule has 62 valence electrons. The molecule has 1 aliphatic rings. The van der Waals surface area contributed by atoms with Gasteiger partial charge in [-0.1, -0.05) is 29.8 Å². The van der Waals surface area contributed by atoms with Crippen LogP contribution in [0.2, 0.25) is 5.02 Å². The van der Waals surface area contributed by atoms with Crippen molar-refractivity contribution in [2.45, 2.75) is 6.92 Å². The molecule has 0 amide bonds. The van der Waals surface area contributed by atoms with Crippen molar-refractivity contribution in [2.75, 3.05) is 6.61 Å². The van der Waals surface area contributed by atoms with Crippen LogP contribution in [0, 0.1) is 0 Å². The first kappa shape index (κ1) is 7.69. The van der Waals surface area contributed by atoms with Gasteiger partial charge in [-0.3, -0.25) is 0 Å². The van der Waals surface area contributed by atoms with Gasteiger partial charge in [0.2, 0.25) is 0 Å². The lowest BCUT2D eigenvalue weighted by atomic mass is 10.1. The summed E-state index contributed by atoms with van der Waals surface area (Å²) in [4.78, 5) is 0. The molecular formula is C10H9ClO. The molecule has 0 aliphatic carbocycles. The number of hydrogen-bond acceptors (Lipinski definition) is 1. The third-order valence-electron chi connectivity index (χ3n) is 1.98. The van der Waals surface area contributed by atoms with E-state index >= 15 is 0 Å². The lowest BCUT2D eigenvalue weighted by Gasteiger charge is -2.00. The minimum atomic E-state index is 0.761. The maximum Gasteiger partial charge on any atom is 0.145 e. The molecule has 0 aromatic heterocycles. The monoisotopic (exact) mass is 180 g/mol. The molecule has 0 N–H and O–H groups in total. The van der Waals surface area contributed by atoms with Gasteiger partial charge in [0.1, 0.15) is 12.4 Å². The van der Waals surface area contributed by atoms with Crippen LogP contribution in [-0.2, 0) is 4.74 Å². The molecule has 1 fully saturated rings. The van der Waals surface area contributed by atoms with Gasteiger partial charge >= 0.3 is 0 Å². The summed E-state index contributed by atoms with van der Waals surface area (Å²) in [7, 11) is 0. The van der Waals surface area contributed by atoms with Crippen molar-refractivity contribution in [2.24, 2.45) is 0 Å². The van der Waals surface area contributed by atoms with E-state index in [-0.39, 0.29) is 0 Å². The van der Waals surface area contributed by atoms with Crippen molar-refractivity contribution in [3.63, 3.8) is 0 Å². The number of rotatable bonds is 1. The molecule has 1 saturated heterocycles. The minimum Gasteiger partial charge on any atom is -0.486 e. The molecule has 1 aromatic rings. The van der Waals surface area contributed by atoms with Crippen LogP contribution < -0.4 is 0 Å². The molecule has 2 rings (SSSR count). The zero-order chi connectivity index (χ0) is 8.55. The molecule has 1 aromatic carbocycles. The van der Waals surface area contributed by atoms with E-state index in [0.29, 0.717) is 0 Å². The Hall–Kier alpha value is -0.950. The van der Waals surface area contributed by atoms with Gasteiger partial charge in [0.05, 0.1) is 0 Å². The van der Waals surface area contributed by atoms with Crippen LogP contribution >= 0.6 is 11.6 Å². The summed E-state index contributed by atoms with van der Waals surface area (Å²) in [6, 6.07) is 7.81. The summed E-state index contributed by atoms with van der Waals surface area (Å²) >= 11 is 6.00. The van der Waals surface area contributed by atoms with Crippen LogP contribution in [0.15, 0.2) is 30.0 Å². The Labute approximate surface area is 76.6 Å². The summed E-state index contributed by atoms with van der Waals surface area (Å²) in [6.07, 6.45) is 0. The normalized spacial score (nSPS) is 18.5. The quantitative estimate of drug-likeness (QED) is 0.605. The molecule has 12 heavy (non-hydrogen) atoms. The topological polar surface area (TPSA) is 12.5 Å². The Balaban J connectivity index is 2.46. The molecule has 0 unspecified atom stereocenters. The zero-order valence-electron chi connectivity index (χ0n) is 6.80. The van der Waals surface area contributed by atoms with Crippen molar-refractivity contribution < 1.29 is 4.74 Å². The second kappa shape index (κ2) is 2.83. The van der Waals surface area contributed by atoms with Gasteiger partial charge in [0.25, 0.3) is 0 Å². The number of benzene rings is 1. The molecule has 0 saturated carbocycles. The van der Waals surface area contributed by atoms with Crippen LogP contribution in [-0.4, -0.2) is 6.61 Å². The van der Waals surface area contributed by atoms with E-state index in [2.05, 4.69) is 0 Å². The smallest absolute Gasteiger partial charge is 0.145 e. The van der Waals surface area contributed by atoms with Crippen LogP contribution in [0.4, 0.5) is 0 Å². The highest BCUT2D eigenvalue weighted by Gasteiger charge is 2.18. The first-order valence-electron chi connectivity index (χ1n) is 3.86. The SMILES string of the molecule is CC(=C1CO1)c1ccccc1Cl. The third kappa shape index (κ3) is 1.32. The lowest BCUT2D eigenvalue weighted by Crippen LogP contribution is -1.80. The molecule has 0 bridgehead atoms. The average Bonchev–Trinajstić information content (AvgIpc) is 2.86. The fraction of sp³-hybridized carbons (Fsp3) is 0.200. The third-order valence-corrected chi connectivity index (χ3v) is 2.31. The molecule has 0 atom stereocenters. The van der Waals surface area contributed by atoms with Crippen LogP contribution in [0.1, 0.15) is 12.5 Å². The van der Waals surface area contributed by atoms with Gasteiger partial charge in [-0.15, -0.1) is 0 Å². The number of ether oxygens (including phenoxy) is 1. The fourth-order valence-corrected chi connectivity index (χ4v) is 1.45. The fourth-order valence-electron chi connectivity index (χ4n) is 1.17. The predicted molar refractivity (Wildman–Crippen MR) is 50.0 cm³/mol. The first-order valence-corrected chi connectivity index (χ1v) is 4.24. The molecule has 1 aliphatic heterocycles. The first-order chi connectivity index (χ1) is 5.79. The Morgan fingerprint density at radius 2 is 2.08 bits per heavy atom. The van der Waals surface area contributed by atoms with E-state index in [4.69, 9.17) is 16.3 Å². The zero-order valence-corrected chi connectivity index (χ0v) is 7.56. The summed E-state index contributed by atoms with van der Waals surface area (Å²) < 4.78 is 5.10. The van der Waals surface area contributed by atoms with Crippen molar-refractivity contribution >= 4 is 17.2 Å². The van der Waals surface area contributed by atoms with E-state index in [0.717, 1.165) is 28.5 Å². The minimum absolute atomic E-state index is 0.761. The Bertz CT molecular complexity index is 335. The second-order valence-electron chi connectivity index (χ2n) is 2.82. The van der Waals surface area contributed by atoms with Crippen LogP contribution in [0.5, 0.6) is 0 Å². The van der Waals surface area contributed by atoms with Crippen LogP contribution in [0.3, 0.4) is 0 Å². The highest BCUT2D eigenvalue weighted by atomic mass is 35.5. The highest BCUT2D eigenvalue weighted by Crippen LogP contribution is 2.31. The van der Waals surface area contributed by atoms with Crippen molar-refractivity contribution in [1.29, 1.82) is 0 Å². The van der Waals surface area contributed by atoms with E-state index in [1.54, 1.807) is 0 Å². The van der Waals surface area contributed by atoms with Gasteiger partial charge in [-0.25, -0.2) is 0 Å². The maximum absolute atomic E-state index is 6.00. The van der Waals surface area contributed by atoms with E-state index in [1.165, 1.54) is 0 Å². The van der Waals surface area contributed by atoms with Crippen molar-refractivity contribution in [3.05, 3.63) is 40.6 Å². The molecule has 1 nitrogen and oxygen atoms in total. The molecular weight excluding hydrogens is 172 g/mol. The Morgan fingerprint density at radius 1 is 1.42 bits per heavy atom. The van der Waals surface area contributed by atoms with Gasteiger partial charge in [-0.05, 0) is 24.1 Å². The van der Waals surface area contributed by atoms with Crippen LogP contribution in [0.25, 0.3) is 5.57 Å². The summed E-state index contributed by atoms with van der Waals surface area (Å²) in [5, 5.41) is 0.790.